The number of nitrogens with one attached hydrogen (secondary N) is 1. The molecule has 12 heteroatoms. The molecule has 2 heterocycles. The van der Waals surface area contributed by atoms with Crippen LogP contribution in [-0.2, 0) is 11.8 Å². The molecule has 11 nitrogen and oxygen atoms in total. The van der Waals surface area contributed by atoms with E-state index in [1.54, 1.807) is 0 Å². The van der Waals surface area contributed by atoms with Gasteiger partial charge in [-0.3, -0.25) is 24.4 Å². The maximum Gasteiger partial charge on any atom is 0.341 e. The second-order valence-electron chi connectivity index (χ2n) is 4.83. The maximum absolute atomic E-state index is 12.4. The fourth-order valence-electron chi connectivity index (χ4n) is 2.17. The first-order valence-corrected chi connectivity index (χ1v) is 7.49. The first-order chi connectivity index (χ1) is 11.7. The van der Waals surface area contributed by atoms with Gasteiger partial charge in [0.25, 0.3) is 11.8 Å². The van der Waals surface area contributed by atoms with Gasteiger partial charge in [0, 0.05) is 7.05 Å². The van der Waals surface area contributed by atoms with Gasteiger partial charge in [-0.25, -0.2) is 4.79 Å². The van der Waals surface area contributed by atoms with Gasteiger partial charge in [0.2, 0.25) is 5.69 Å². The van der Waals surface area contributed by atoms with Crippen LogP contribution in [0.1, 0.15) is 36.1 Å². The Bertz CT molecular complexity index is 899. The highest BCUT2D eigenvalue weighted by Gasteiger charge is 2.29. The second kappa shape index (κ2) is 6.68. The summed E-state index contributed by atoms with van der Waals surface area (Å²) in [5.74, 6) is -2.43. The molecule has 0 saturated heterocycles. The number of nitrogens with two attached hydrogens (primary N) is 1. The molecule has 0 unspecified atom stereocenters. The van der Waals surface area contributed by atoms with Gasteiger partial charge in [-0.05, 0) is 12.5 Å². The van der Waals surface area contributed by atoms with E-state index >= 15 is 0 Å². The minimum atomic E-state index is -0.867. The average Bonchev–Trinajstić information content (AvgIpc) is 3.07. The van der Waals surface area contributed by atoms with E-state index in [0.29, 0.717) is 0 Å². The van der Waals surface area contributed by atoms with E-state index in [-0.39, 0.29) is 26.7 Å². The molecule has 2 aromatic heterocycles. The van der Waals surface area contributed by atoms with Gasteiger partial charge in [-0.2, -0.15) is 5.10 Å². The van der Waals surface area contributed by atoms with Crippen LogP contribution in [0.2, 0.25) is 0 Å². The zero-order valence-corrected chi connectivity index (χ0v) is 14.2. The third-order valence-electron chi connectivity index (χ3n) is 3.32. The smallest absolute Gasteiger partial charge is 0.341 e. The Balaban J connectivity index is 2.50. The molecule has 0 aliphatic heterocycles. The molecule has 0 fully saturated rings. The lowest BCUT2D eigenvalue weighted by Crippen LogP contribution is -2.18. The number of nitro groups is 1. The van der Waals surface area contributed by atoms with E-state index in [1.165, 1.54) is 14.0 Å². The number of primary amides is 1. The van der Waals surface area contributed by atoms with Crippen molar-refractivity contribution in [2.75, 3.05) is 12.4 Å². The molecule has 0 aliphatic rings. The van der Waals surface area contributed by atoms with Gasteiger partial charge in [-0.15, -0.1) is 11.3 Å². The number of esters is 1. The summed E-state index contributed by atoms with van der Waals surface area (Å²) in [6, 6.07) is 0. The van der Waals surface area contributed by atoms with Gasteiger partial charge in [0.1, 0.15) is 11.2 Å². The van der Waals surface area contributed by atoms with Crippen molar-refractivity contribution in [3.63, 3.8) is 0 Å². The standard InChI is InChI=1S/C13H13N5O6S/c1-5-7(13(21)24-3)12(25-9(5)10(14)19)16-11(20)8-6(18(22)23)4-15-17(8)2/h4H,1-3H3,(H2,14,19)(H,16,20). The molecular formula is C13H13N5O6S. The largest absolute Gasteiger partial charge is 0.465 e. The van der Waals surface area contributed by atoms with Crippen LogP contribution in [0.3, 0.4) is 0 Å². The molecule has 0 saturated carbocycles. The predicted molar refractivity (Wildman–Crippen MR) is 86.7 cm³/mol. The summed E-state index contributed by atoms with van der Waals surface area (Å²) in [4.78, 5) is 46.2. The van der Waals surface area contributed by atoms with E-state index in [2.05, 4.69) is 15.2 Å². The molecule has 0 bridgehead atoms. The number of anilines is 1. The highest BCUT2D eigenvalue weighted by molar-refractivity contribution is 7.18. The Morgan fingerprint density at radius 1 is 1.44 bits per heavy atom. The van der Waals surface area contributed by atoms with Gasteiger partial charge in [0.05, 0.1) is 22.5 Å². The van der Waals surface area contributed by atoms with Gasteiger partial charge < -0.3 is 15.8 Å². The Morgan fingerprint density at radius 3 is 2.60 bits per heavy atom. The Hall–Kier alpha value is -3.28. The van der Waals surface area contributed by atoms with E-state index in [4.69, 9.17) is 5.73 Å². The number of methoxy groups -OCH3 is 1. The van der Waals surface area contributed by atoms with Crippen molar-refractivity contribution in [3.05, 3.63) is 38.0 Å². The zero-order valence-electron chi connectivity index (χ0n) is 13.4. The van der Waals surface area contributed by atoms with Crippen LogP contribution in [0.15, 0.2) is 6.20 Å². The number of rotatable bonds is 5. The van der Waals surface area contributed by atoms with Crippen LogP contribution in [-0.4, -0.2) is 39.6 Å². The topological polar surface area (TPSA) is 159 Å². The molecule has 0 atom stereocenters. The number of ether oxygens (including phenoxy) is 1. The molecule has 0 aliphatic carbocycles. The lowest BCUT2D eigenvalue weighted by molar-refractivity contribution is -0.385. The molecule has 25 heavy (non-hydrogen) atoms. The number of hydrogen-bond acceptors (Lipinski definition) is 8. The summed E-state index contributed by atoms with van der Waals surface area (Å²) in [5.41, 5.74) is 4.65. The summed E-state index contributed by atoms with van der Waals surface area (Å²) in [5, 5.41) is 17.1. The van der Waals surface area contributed by atoms with Gasteiger partial charge in [-0.1, -0.05) is 0 Å². The van der Waals surface area contributed by atoms with Crippen LogP contribution in [0.5, 0.6) is 0 Å². The Kier molecular flexibility index (Phi) is 4.83. The number of aromatic nitrogens is 2. The third kappa shape index (κ3) is 3.19. The Morgan fingerprint density at radius 2 is 2.08 bits per heavy atom. The van der Waals surface area contributed by atoms with Crippen molar-refractivity contribution in [2.45, 2.75) is 6.92 Å². The van der Waals surface area contributed by atoms with Gasteiger partial charge >= 0.3 is 11.7 Å². The Labute approximate surface area is 144 Å². The van der Waals surface area contributed by atoms with Crippen molar-refractivity contribution < 1.29 is 24.0 Å². The highest BCUT2D eigenvalue weighted by Crippen LogP contribution is 2.34. The van der Waals surface area contributed by atoms with Crippen molar-refractivity contribution in [3.8, 4) is 0 Å². The zero-order chi connectivity index (χ0) is 18.9. The predicted octanol–water partition coefficient (Wildman–Crippen LogP) is 0.836. The fraction of sp³-hybridized carbons (Fsp3) is 0.231. The average molecular weight is 367 g/mol. The number of nitrogens with zero attached hydrogens (tertiary/aromatic N) is 3. The molecule has 2 amide bonds. The van der Waals surface area contributed by atoms with Crippen molar-refractivity contribution in [2.24, 2.45) is 12.8 Å². The minimum absolute atomic E-state index is 0.00125. The van der Waals surface area contributed by atoms with Crippen molar-refractivity contribution in [1.82, 2.24) is 9.78 Å². The molecule has 2 rings (SSSR count). The minimum Gasteiger partial charge on any atom is -0.465 e. The van der Waals surface area contributed by atoms with E-state index in [1.807, 2.05) is 0 Å². The van der Waals surface area contributed by atoms with Crippen LogP contribution in [0.25, 0.3) is 0 Å². The summed E-state index contributed by atoms with van der Waals surface area (Å²) >= 11 is 0.777. The molecule has 132 valence electrons. The van der Waals surface area contributed by atoms with Crippen LogP contribution in [0, 0.1) is 17.0 Å². The van der Waals surface area contributed by atoms with Crippen LogP contribution >= 0.6 is 11.3 Å². The van der Waals surface area contributed by atoms with Gasteiger partial charge in [0.15, 0.2) is 0 Å². The lowest BCUT2D eigenvalue weighted by atomic mass is 10.1. The summed E-state index contributed by atoms with van der Waals surface area (Å²) in [6.45, 7) is 1.48. The third-order valence-corrected chi connectivity index (χ3v) is 4.54. The fourth-order valence-corrected chi connectivity index (χ4v) is 3.21. The molecule has 0 aromatic carbocycles. The SMILES string of the molecule is COC(=O)c1c(NC(=O)c2c([N+](=O)[O-])cnn2C)sc(C(N)=O)c1C. The highest BCUT2D eigenvalue weighted by atomic mass is 32.1. The second-order valence-corrected chi connectivity index (χ2v) is 5.85. The molecule has 0 radical (unpaired) electrons. The monoisotopic (exact) mass is 367 g/mol. The number of thiophene rings is 1. The van der Waals surface area contributed by atoms with Crippen LogP contribution in [0.4, 0.5) is 10.7 Å². The summed E-state index contributed by atoms with van der Waals surface area (Å²) in [6.07, 6.45) is 0.935. The summed E-state index contributed by atoms with van der Waals surface area (Å²) in [7, 11) is 2.50. The number of carbonyl (C=O) groups excluding carboxylic acids is 3. The quantitative estimate of drug-likeness (QED) is 0.450. The first-order valence-electron chi connectivity index (χ1n) is 6.68. The molecule has 3 N–H and O–H groups in total. The van der Waals surface area contributed by atoms with Crippen LogP contribution < -0.4 is 11.1 Å². The molecular weight excluding hydrogens is 354 g/mol. The molecule has 0 spiro atoms. The van der Waals surface area contributed by atoms with Crippen molar-refractivity contribution >= 4 is 39.8 Å². The van der Waals surface area contributed by atoms with Crippen molar-refractivity contribution in [1.29, 1.82) is 0 Å². The number of hydrogen-bond donors (Lipinski definition) is 2. The number of carbonyl (C=O) groups is 3. The van der Waals surface area contributed by atoms with E-state index < -0.39 is 28.4 Å². The lowest BCUT2D eigenvalue weighted by Gasteiger charge is -2.06. The first kappa shape index (κ1) is 18.1. The van der Waals surface area contributed by atoms with E-state index in [9.17, 15) is 24.5 Å². The number of amides is 2. The van der Waals surface area contributed by atoms with E-state index in [0.717, 1.165) is 29.3 Å². The summed E-state index contributed by atoms with van der Waals surface area (Å²) < 4.78 is 5.68. The normalized spacial score (nSPS) is 10.4. The number of aryl methyl sites for hydroxylation is 1. The molecule has 2 aromatic rings. The maximum atomic E-state index is 12.4.